The lowest BCUT2D eigenvalue weighted by Crippen LogP contribution is -2.33. The molecule has 1 atom stereocenters. The first-order valence-corrected chi connectivity index (χ1v) is 8.78. The number of hydrogen-bond acceptors (Lipinski definition) is 5. The number of carbonyl (C=O) groups excluding carboxylic acids is 2. The van der Waals surface area contributed by atoms with Crippen LogP contribution in [0.25, 0.3) is 17.2 Å². The minimum absolute atomic E-state index is 0.190. The van der Waals surface area contributed by atoms with E-state index in [1.54, 1.807) is 36.4 Å². The maximum Gasteiger partial charge on any atom is 0.414 e. The van der Waals surface area contributed by atoms with Crippen molar-refractivity contribution in [2.75, 3.05) is 18.0 Å². The van der Waals surface area contributed by atoms with Crippen LogP contribution in [0.1, 0.15) is 12.5 Å². The molecule has 1 N–H and O–H groups in total. The van der Waals surface area contributed by atoms with Crippen LogP contribution in [0.3, 0.4) is 0 Å². The number of nitrogens with one attached hydrogen (secondary N) is 1. The van der Waals surface area contributed by atoms with Crippen molar-refractivity contribution in [1.82, 2.24) is 5.32 Å². The fraction of sp³-hybridized carbons (Fsp3) is 0.200. The van der Waals surface area contributed by atoms with Crippen LogP contribution in [0.4, 0.5) is 14.9 Å². The first-order chi connectivity index (χ1) is 13.8. The predicted octanol–water partition coefficient (Wildman–Crippen LogP) is 3.20. The van der Waals surface area contributed by atoms with Crippen molar-refractivity contribution < 1.29 is 23.6 Å². The van der Waals surface area contributed by atoms with E-state index in [1.807, 2.05) is 0 Å². The number of ether oxygens (including phenoxy) is 1. The normalized spacial score (nSPS) is 16.1. The number of hydrogen-bond donors (Lipinski definition) is 1. The fourth-order valence-corrected chi connectivity index (χ4v) is 2.92. The number of nitrogens with zero attached hydrogens (tertiary/aromatic N) is 2. The average Bonchev–Trinajstić information content (AvgIpc) is 3.06. The molecule has 2 aromatic rings. The van der Waals surface area contributed by atoms with Gasteiger partial charge in [0, 0.05) is 18.6 Å². The molecule has 2 amide bonds. The minimum atomic E-state index is -0.602. The molecule has 0 spiro atoms. The van der Waals surface area contributed by atoms with Gasteiger partial charge in [0.25, 0.3) is 0 Å². The van der Waals surface area contributed by atoms with E-state index in [1.165, 1.54) is 24.0 Å². The Bertz CT molecular complexity index is 975. The zero-order valence-corrected chi connectivity index (χ0v) is 15.5. The average molecular weight is 399 g/mol. The Hall–Kier alpha value is -3.75. The molecule has 8 nitrogen and oxygen atoms in total. The van der Waals surface area contributed by atoms with Crippen molar-refractivity contribution in [2.45, 2.75) is 13.0 Å². The summed E-state index contributed by atoms with van der Waals surface area (Å²) < 4.78 is 19.9. The van der Waals surface area contributed by atoms with Gasteiger partial charge in [-0.05, 0) is 29.3 Å². The van der Waals surface area contributed by atoms with Crippen molar-refractivity contribution in [2.24, 2.45) is 0 Å². The summed E-state index contributed by atoms with van der Waals surface area (Å²) in [6, 6.07) is 11.0. The molecule has 1 saturated heterocycles. The van der Waals surface area contributed by atoms with Crippen molar-refractivity contribution in [1.29, 1.82) is 0 Å². The monoisotopic (exact) mass is 399 g/mol. The molecule has 1 unspecified atom stereocenters. The van der Waals surface area contributed by atoms with Crippen LogP contribution in [-0.4, -0.2) is 36.1 Å². The molecule has 1 fully saturated rings. The van der Waals surface area contributed by atoms with E-state index >= 15 is 0 Å². The Morgan fingerprint density at radius 3 is 2.69 bits per heavy atom. The van der Waals surface area contributed by atoms with Gasteiger partial charge in [0.1, 0.15) is 11.9 Å². The first kappa shape index (κ1) is 20.0. The second-order valence-electron chi connectivity index (χ2n) is 6.44. The maximum atomic E-state index is 14.7. The molecule has 0 aromatic heterocycles. The van der Waals surface area contributed by atoms with Gasteiger partial charge in [-0.3, -0.25) is 19.8 Å². The lowest BCUT2D eigenvalue weighted by atomic mass is 10.0. The third kappa shape index (κ3) is 4.95. The van der Waals surface area contributed by atoms with Crippen LogP contribution in [-0.2, 0) is 9.53 Å². The third-order valence-electron chi connectivity index (χ3n) is 4.33. The number of halogens is 1. The summed E-state index contributed by atoms with van der Waals surface area (Å²) in [6.07, 6.45) is 1.07. The van der Waals surface area contributed by atoms with E-state index in [0.717, 1.165) is 6.20 Å². The molecule has 9 heteroatoms. The predicted molar refractivity (Wildman–Crippen MR) is 104 cm³/mol. The highest BCUT2D eigenvalue weighted by molar-refractivity contribution is 5.90. The lowest BCUT2D eigenvalue weighted by molar-refractivity contribution is -0.400. The van der Waals surface area contributed by atoms with Gasteiger partial charge >= 0.3 is 6.09 Å². The van der Waals surface area contributed by atoms with Gasteiger partial charge < -0.3 is 10.1 Å². The highest BCUT2D eigenvalue weighted by Gasteiger charge is 2.32. The standard InChI is InChI=1S/C20H18FN3O5/c1-13(25)22-11-17-12-23(20(26)29-17)16-6-7-18(19(21)10-16)15-4-2-14(3-5-15)8-9-24(27)28/h2-10,17H,11-12H2,1H3,(H,22,25)/b9-8+. The zero-order valence-electron chi connectivity index (χ0n) is 15.5. The van der Waals surface area contributed by atoms with E-state index in [-0.39, 0.29) is 19.0 Å². The topological polar surface area (TPSA) is 102 Å². The molecule has 1 aliphatic heterocycles. The molecule has 1 aliphatic rings. The van der Waals surface area contributed by atoms with E-state index in [0.29, 0.717) is 22.4 Å². The number of carbonyl (C=O) groups is 2. The Morgan fingerprint density at radius 2 is 2.07 bits per heavy atom. The Morgan fingerprint density at radius 1 is 1.34 bits per heavy atom. The zero-order chi connectivity index (χ0) is 21.0. The summed E-state index contributed by atoms with van der Waals surface area (Å²) in [5.41, 5.74) is 1.90. The van der Waals surface area contributed by atoms with Crippen molar-refractivity contribution in [3.8, 4) is 11.1 Å². The Kier molecular flexibility index (Phi) is 5.87. The molecule has 29 heavy (non-hydrogen) atoms. The van der Waals surface area contributed by atoms with Gasteiger partial charge in [-0.2, -0.15) is 0 Å². The van der Waals surface area contributed by atoms with Gasteiger partial charge in [0.05, 0.1) is 23.7 Å². The van der Waals surface area contributed by atoms with Gasteiger partial charge in [-0.1, -0.05) is 24.3 Å². The lowest BCUT2D eigenvalue weighted by Gasteiger charge is -2.14. The molecular formula is C20H18FN3O5. The van der Waals surface area contributed by atoms with Crippen molar-refractivity contribution in [3.05, 3.63) is 70.2 Å². The van der Waals surface area contributed by atoms with E-state index < -0.39 is 22.9 Å². The van der Waals surface area contributed by atoms with E-state index in [2.05, 4.69) is 5.32 Å². The third-order valence-corrected chi connectivity index (χ3v) is 4.33. The molecule has 0 saturated carbocycles. The summed E-state index contributed by atoms with van der Waals surface area (Å²) in [5.74, 6) is -0.746. The van der Waals surface area contributed by atoms with Crippen LogP contribution in [0.5, 0.6) is 0 Å². The van der Waals surface area contributed by atoms with Crippen LogP contribution in [0, 0.1) is 15.9 Å². The molecule has 0 aliphatic carbocycles. The largest absolute Gasteiger partial charge is 0.442 e. The summed E-state index contributed by atoms with van der Waals surface area (Å²) in [4.78, 5) is 34.2. The van der Waals surface area contributed by atoms with Crippen LogP contribution >= 0.6 is 0 Å². The molecule has 0 bridgehead atoms. The maximum absolute atomic E-state index is 14.7. The number of amides is 2. The molecule has 150 valence electrons. The summed E-state index contributed by atoms with van der Waals surface area (Å²) in [7, 11) is 0. The van der Waals surface area contributed by atoms with Crippen molar-refractivity contribution in [3.63, 3.8) is 0 Å². The first-order valence-electron chi connectivity index (χ1n) is 8.78. The Labute approximate surface area is 165 Å². The molecular weight excluding hydrogens is 381 g/mol. The number of benzene rings is 2. The van der Waals surface area contributed by atoms with Crippen LogP contribution < -0.4 is 10.2 Å². The van der Waals surface area contributed by atoms with E-state index in [4.69, 9.17) is 4.74 Å². The summed E-state index contributed by atoms with van der Waals surface area (Å²) >= 11 is 0. The fourth-order valence-electron chi connectivity index (χ4n) is 2.92. The minimum Gasteiger partial charge on any atom is -0.442 e. The second kappa shape index (κ2) is 8.51. The quantitative estimate of drug-likeness (QED) is 0.594. The summed E-state index contributed by atoms with van der Waals surface area (Å²) in [6.45, 7) is 1.76. The smallest absolute Gasteiger partial charge is 0.414 e. The van der Waals surface area contributed by atoms with E-state index in [9.17, 15) is 24.1 Å². The van der Waals surface area contributed by atoms with Crippen LogP contribution in [0.15, 0.2) is 48.7 Å². The van der Waals surface area contributed by atoms with Crippen molar-refractivity contribution >= 4 is 23.8 Å². The molecule has 2 aromatic carbocycles. The summed E-state index contributed by atoms with van der Waals surface area (Å²) in [5, 5.41) is 13.0. The SMILES string of the molecule is CC(=O)NCC1CN(c2ccc(-c3ccc(/C=C/[N+](=O)[O-])cc3)c(F)c2)C(=O)O1. The number of cyclic esters (lactones) is 1. The number of anilines is 1. The Balaban J connectivity index is 1.74. The van der Waals surface area contributed by atoms with Gasteiger partial charge in [-0.25, -0.2) is 9.18 Å². The highest BCUT2D eigenvalue weighted by atomic mass is 19.1. The number of nitro groups is 1. The molecule has 1 heterocycles. The molecule has 3 rings (SSSR count). The van der Waals surface area contributed by atoms with Gasteiger partial charge in [0.15, 0.2) is 0 Å². The van der Waals surface area contributed by atoms with Gasteiger partial charge in [-0.15, -0.1) is 0 Å². The molecule has 0 radical (unpaired) electrons. The highest BCUT2D eigenvalue weighted by Crippen LogP contribution is 2.29. The second-order valence-corrected chi connectivity index (χ2v) is 6.44. The number of rotatable bonds is 6. The van der Waals surface area contributed by atoms with Crippen LogP contribution in [0.2, 0.25) is 0 Å². The van der Waals surface area contributed by atoms with Gasteiger partial charge in [0.2, 0.25) is 12.1 Å².